The van der Waals surface area contributed by atoms with E-state index in [2.05, 4.69) is 22.4 Å². The molecule has 3 N–H and O–H groups in total. The van der Waals surface area contributed by atoms with Crippen LogP contribution in [-0.2, 0) is 24.4 Å². The first-order chi connectivity index (χ1) is 13.3. The van der Waals surface area contributed by atoms with Crippen molar-refractivity contribution in [2.24, 2.45) is 10.7 Å². The van der Waals surface area contributed by atoms with Crippen molar-refractivity contribution in [3.05, 3.63) is 59.2 Å². The number of guanidine groups is 1. The van der Waals surface area contributed by atoms with Crippen molar-refractivity contribution in [3.63, 3.8) is 0 Å². The molecule has 0 saturated heterocycles. The van der Waals surface area contributed by atoms with Crippen LogP contribution in [0.1, 0.15) is 37.5 Å². The second kappa shape index (κ2) is 9.99. The average molecular weight is 386 g/mol. The fourth-order valence-corrected chi connectivity index (χ4v) is 2.53. The highest BCUT2D eigenvalue weighted by atomic mass is 16.5. The Bertz CT molecular complexity index is 798. The molecule has 2 aromatic rings. The normalized spacial score (nSPS) is 12.0. The van der Waals surface area contributed by atoms with E-state index in [1.807, 2.05) is 51.1 Å². The van der Waals surface area contributed by atoms with Gasteiger partial charge in [-0.2, -0.15) is 0 Å². The topological polar surface area (TPSA) is 78.1 Å². The van der Waals surface area contributed by atoms with E-state index in [0.717, 1.165) is 16.7 Å². The standard InChI is InChI=1S/C22H31N3O3/c1-22(2,3)28-15-18-8-6-7-16(11-18)13-24-21(23)25-14-17-9-10-19(26-4)20(12-17)27-5/h6-12H,13-15H2,1-5H3,(H3,23,24,25). The second-order valence-electron chi connectivity index (χ2n) is 7.47. The molecule has 0 aliphatic carbocycles. The van der Waals surface area contributed by atoms with Crippen molar-refractivity contribution in [1.29, 1.82) is 0 Å². The Hall–Kier alpha value is -2.73. The van der Waals surface area contributed by atoms with Crippen LogP contribution < -0.4 is 20.5 Å². The molecule has 0 amide bonds. The molecule has 0 spiro atoms. The molecule has 152 valence electrons. The maximum Gasteiger partial charge on any atom is 0.189 e. The molecule has 6 heteroatoms. The Labute approximate surface area is 167 Å². The van der Waals surface area contributed by atoms with Crippen LogP contribution >= 0.6 is 0 Å². The number of aliphatic imine (C=N–C) groups is 1. The van der Waals surface area contributed by atoms with Gasteiger partial charge < -0.3 is 25.3 Å². The van der Waals surface area contributed by atoms with E-state index in [-0.39, 0.29) is 5.60 Å². The predicted molar refractivity (Wildman–Crippen MR) is 113 cm³/mol. The van der Waals surface area contributed by atoms with Crippen LogP contribution in [0.2, 0.25) is 0 Å². The van der Waals surface area contributed by atoms with Gasteiger partial charge in [0.25, 0.3) is 0 Å². The first-order valence-corrected chi connectivity index (χ1v) is 9.27. The summed E-state index contributed by atoms with van der Waals surface area (Å²) in [6.45, 7) is 7.78. The summed E-state index contributed by atoms with van der Waals surface area (Å²) in [5.74, 6) is 1.78. The van der Waals surface area contributed by atoms with Crippen LogP contribution in [0.5, 0.6) is 11.5 Å². The molecule has 0 fully saturated rings. The lowest BCUT2D eigenvalue weighted by atomic mass is 10.1. The summed E-state index contributed by atoms with van der Waals surface area (Å²) in [5, 5.41) is 3.12. The van der Waals surface area contributed by atoms with E-state index in [0.29, 0.717) is 37.2 Å². The minimum Gasteiger partial charge on any atom is -0.493 e. The van der Waals surface area contributed by atoms with Crippen molar-refractivity contribution in [3.8, 4) is 11.5 Å². The molecular formula is C22H31N3O3. The molecule has 0 unspecified atom stereocenters. The monoisotopic (exact) mass is 385 g/mol. The molecule has 0 radical (unpaired) electrons. The number of nitrogens with one attached hydrogen (secondary N) is 1. The number of methoxy groups -OCH3 is 2. The molecule has 0 saturated carbocycles. The summed E-state index contributed by atoms with van der Waals surface area (Å²) >= 11 is 0. The molecule has 0 aliphatic heterocycles. The summed E-state index contributed by atoms with van der Waals surface area (Å²) < 4.78 is 16.4. The minimum absolute atomic E-state index is 0.160. The van der Waals surface area contributed by atoms with Crippen LogP contribution in [0.25, 0.3) is 0 Å². The highest BCUT2D eigenvalue weighted by Crippen LogP contribution is 2.27. The van der Waals surface area contributed by atoms with E-state index >= 15 is 0 Å². The molecule has 0 heterocycles. The average Bonchev–Trinajstić information content (AvgIpc) is 2.68. The van der Waals surface area contributed by atoms with Gasteiger partial charge in [0.1, 0.15) is 0 Å². The molecule has 6 nitrogen and oxygen atoms in total. The van der Waals surface area contributed by atoms with Gasteiger partial charge in [-0.1, -0.05) is 30.3 Å². The third-order valence-electron chi connectivity index (χ3n) is 4.02. The summed E-state index contributed by atoms with van der Waals surface area (Å²) in [7, 11) is 3.23. The van der Waals surface area contributed by atoms with Crippen molar-refractivity contribution < 1.29 is 14.2 Å². The van der Waals surface area contributed by atoms with Gasteiger partial charge in [0, 0.05) is 6.54 Å². The Morgan fingerprint density at radius 2 is 1.68 bits per heavy atom. The molecule has 2 rings (SSSR count). The fourth-order valence-electron chi connectivity index (χ4n) is 2.53. The number of nitrogens with zero attached hydrogens (tertiary/aromatic N) is 1. The number of ether oxygens (including phenoxy) is 3. The zero-order valence-corrected chi connectivity index (χ0v) is 17.4. The van der Waals surface area contributed by atoms with E-state index in [4.69, 9.17) is 19.9 Å². The summed E-state index contributed by atoms with van der Waals surface area (Å²) in [5.41, 5.74) is 9.09. The summed E-state index contributed by atoms with van der Waals surface area (Å²) in [6.07, 6.45) is 0. The maximum atomic E-state index is 6.01. The van der Waals surface area contributed by atoms with Crippen LogP contribution in [0.3, 0.4) is 0 Å². The zero-order valence-electron chi connectivity index (χ0n) is 17.4. The van der Waals surface area contributed by atoms with Crippen molar-refractivity contribution >= 4 is 5.96 Å². The highest BCUT2D eigenvalue weighted by molar-refractivity contribution is 5.77. The fraction of sp³-hybridized carbons (Fsp3) is 0.409. The number of hydrogen-bond donors (Lipinski definition) is 2. The van der Waals surface area contributed by atoms with Gasteiger partial charge in [-0.05, 0) is 49.6 Å². The molecule has 0 aliphatic rings. The summed E-state index contributed by atoms with van der Waals surface area (Å²) in [4.78, 5) is 4.42. The van der Waals surface area contributed by atoms with Gasteiger partial charge in [0.05, 0.1) is 33.0 Å². The molecular weight excluding hydrogens is 354 g/mol. The van der Waals surface area contributed by atoms with E-state index in [1.54, 1.807) is 14.2 Å². The van der Waals surface area contributed by atoms with Gasteiger partial charge in [-0.3, -0.25) is 0 Å². The van der Waals surface area contributed by atoms with Gasteiger partial charge in [0.15, 0.2) is 17.5 Å². The maximum absolute atomic E-state index is 6.01. The quantitative estimate of drug-likeness (QED) is 0.536. The van der Waals surface area contributed by atoms with Crippen molar-refractivity contribution in [1.82, 2.24) is 5.32 Å². The Morgan fingerprint density at radius 3 is 2.36 bits per heavy atom. The van der Waals surface area contributed by atoms with Crippen LogP contribution in [0.4, 0.5) is 0 Å². The third-order valence-corrected chi connectivity index (χ3v) is 4.02. The van der Waals surface area contributed by atoms with E-state index < -0.39 is 0 Å². The first kappa shape index (κ1) is 21.6. The lowest BCUT2D eigenvalue weighted by Crippen LogP contribution is -2.31. The Kier molecular flexibility index (Phi) is 7.70. The van der Waals surface area contributed by atoms with Gasteiger partial charge >= 0.3 is 0 Å². The van der Waals surface area contributed by atoms with Crippen LogP contribution in [0.15, 0.2) is 47.5 Å². The highest BCUT2D eigenvalue weighted by Gasteiger charge is 2.10. The van der Waals surface area contributed by atoms with Crippen LogP contribution in [0, 0.1) is 0 Å². The van der Waals surface area contributed by atoms with Crippen LogP contribution in [-0.4, -0.2) is 25.8 Å². The first-order valence-electron chi connectivity index (χ1n) is 9.27. The number of nitrogens with two attached hydrogens (primary N) is 1. The largest absolute Gasteiger partial charge is 0.493 e. The SMILES string of the molecule is COc1ccc(CNC(N)=NCc2cccc(COC(C)(C)C)c2)cc1OC. The Morgan fingerprint density at radius 1 is 0.964 bits per heavy atom. The second-order valence-corrected chi connectivity index (χ2v) is 7.47. The molecule has 0 bridgehead atoms. The van der Waals surface area contributed by atoms with Crippen molar-refractivity contribution in [2.45, 2.75) is 46.1 Å². The number of hydrogen-bond acceptors (Lipinski definition) is 4. The Balaban J connectivity index is 1.90. The number of benzene rings is 2. The minimum atomic E-state index is -0.160. The lowest BCUT2D eigenvalue weighted by Gasteiger charge is -2.19. The van der Waals surface area contributed by atoms with Gasteiger partial charge in [0.2, 0.25) is 0 Å². The van der Waals surface area contributed by atoms with E-state index in [9.17, 15) is 0 Å². The molecule has 2 aromatic carbocycles. The third kappa shape index (κ3) is 7.12. The van der Waals surface area contributed by atoms with E-state index in [1.165, 1.54) is 0 Å². The predicted octanol–water partition coefficient (Wildman–Crippen LogP) is 3.62. The smallest absolute Gasteiger partial charge is 0.189 e. The van der Waals surface area contributed by atoms with Gasteiger partial charge in [-0.25, -0.2) is 4.99 Å². The summed E-state index contributed by atoms with van der Waals surface area (Å²) in [6, 6.07) is 13.9. The molecule has 0 aromatic heterocycles. The zero-order chi connectivity index (χ0) is 20.6. The lowest BCUT2D eigenvalue weighted by molar-refractivity contribution is -0.0149. The molecule has 28 heavy (non-hydrogen) atoms. The number of rotatable bonds is 8. The van der Waals surface area contributed by atoms with Gasteiger partial charge in [-0.15, -0.1) is 0 Å². The van der Waals surface area contributed by atoms with Crippen molar-refractivity contribution in [2.75, 3.05) is 14.2 Å². The molecule has 0 atom stereocenters.